The molecule has 1 aliphatic rings. The van der Waals surface area contributed by atoms with Gasteiger partial charge in [-0.25, -0.2) is 4.99 Å². The van der Waals surface area contributed by atoms with Crippen molar-refractivity contribution >= 4 is 5.90 Å². The fourth-order valence-electron chi connectivity index (χ4n) is 1.75. The predicted octanol–water partition coefficient (Wildman–Crippen LogP) is 3.15. The van der Waals surface area contributed by atoms with Crippen LogP contribution in [-0.2, 0) is 10.2 Å². The molecule has 0 amide bonds. The molecular formula is C14H19NO. The van der Waals surface area contributed by atoms with E-state index >= 15 is 0 Å². The van der Waals surface area contributed by atoms with Crippen molar-refractivity contribution in [2.75, 3.05) is 6.54 Å². The van der Waals surface area contributed by atoms with Crippen molar-refractivity contribution in [1.29, 1.82) is 0 Å². The molecule has 0 N–H and O–H groups in total. The smallest absolute Gasteiger partial charge is 0.216 e. The molecule has 0 saturated heterocycles. The average molecular weight is 217 g/mol. The fraction of sp³-hybridized carbons (Fsp3) is 0.500. The highest BCUT2D eigenvalue weighted by Crippen LogP contribution is 2.23. The summed E-state index contributed by atoms with van der Waals surface area (Å²) >= 11 is 0. The molecule has 0 unspecified atom stereocenters. The third-order valence-electron chi connectivity index (χ3n) is 2.80. The number of hydrogen-bond donors (Lipinski definition) is 0. The summed E-state index contributed by atoms with van der Waals surface area (Å²) in [6, 6.07) is 8.50. The van der Waals surface area contributed by atoms with Crippen LogP contribution < -0.4 is 0 Å². The number of benzene rings is 1. The number of aliphatic imine (C=N–C) groups is 1. The summed E-state index contributed by atoms with van der Waals surface area (Å²) in [5, 5.41) is 0. The molecule has 0 radical (unpaired) electrons. The Morgan fingerprint density at radius 2 is 1.81 bits per heavy atom. The van der Waals surface area contributed by atoms with Crippen molar-refractivity contribution in [2.45, 2.75) is 39.2 Å². The molecule has 2 rings (SSSR count). The fourth-order valence-corrected chi connectivity index (χ4v) is 1.75. The first-order valence-corrected chi connectivity index (χ1v) is 5.79. The number of rotatable bonds is 1. The summed E-state index contributed by atoms with van der Waals surface area (Å²) in [5.74, 6) is 0.785. The first kappa shape index (κ1) is 11.2. The van der Waals surface area contributed by atoms with Crippen LogP contribution in [0.2, 0.25) is 0 Å². The Balaban J connectivity index is 2.20. The first-order valence-electron chi connectivity index (χ1n) is 5.79. The molecule has 1 atom stereocenters. The highest BCUT2D eigenvalue weighted by atomic mass is 16.5. The van der Waals surface area contributed by atoms with Gasteiger partial charge in [0.15, 0.2) is 0 Å². The minimum atomic E-state index is 0.199. The van der Waals surface area contributed by atoms with Crippen LogP contribution in [0.15, 0.2) is 29.3 Å². The van der Waals surface area contributed by atoms with Crippen LogP contribution in [0.3, 0.4) is 0 Å². The molecule has 1 aromatic rings. The third kappa shape index (κ3) is 2.26. The van der Waals surface area contributed by atoms with E-state index in [-0.39, 0.29) is 11.5 Å². The SMILES string of the molecule is C[C@H]1CN=C(c2ccc(C(C)(C)C)cc2)O1. The quantitative estimate of drug-likeness (QED) is 0.708. The van der Waals surface area contributed by atoms with E-state index in [9.17, 15) is 0 Å². The summed E-state index contributed by atoms with van der Waals surface area (Å²) in [6.07, 6.45) is 0.220. The van der Waals surface area contributed by atoms with Crippen LogP contribution in [0.5, 0.6) is 0 Å². The van der Waals surface area contributed by atoms with Gasteiger partial charge in [0.2, 0.25) is 5.90 Å². The van der Waals surface area contributed by atoms with Gasteiger partial charge < -0.3 is 4.74 Å². The van der Waals surface area contributed by atoms with Crippen molar-refractivity contribution in [3.05, 3.63) is 35.4 Å². The van der Waals surface area contributed by atoms with E-state index in [2.05, 4.69) is 50.0 Å². The molecule has 2 nitrogen and oxygen atoms in total. The van der Waals surface area contributed by atoms with E-state index in [1.807, 2.05) is 6.92 Å². The Kier molecular flexibility index (Phi) is 2.75. The summed E-state index contributed by atoms with van der Waals surface area (Å²) in [6.45, 7) is 9.46. The molecule has 0 spiro atoms. The van der Waals surface area contributed by atoms with E-state index in [4.69, 9.17) is 4.74 Å². The van der Waals surface area contributed by atoms with E-state index in [1.165, 1.54) is 5.56 Å². The second-order valence-electron chi connectivity index (χ2n) is 5.40. The standard InChI is InChI=1S/C14H19NO/c1-10-9-15-13(16-10)11-5-7-12(8-6-11)14(2,3)4/h5-8,10H,9H2,1-4H3/t10-/m0/s1. The summed E-state index contributed by atoms with van der Waals surface area (Å²) in [5.41, 5.74) is 2.62. The highest BCUT2D eigenvalue weighted by Gasteiger charge is 2.18. The Hall–Kier alpha value is -1.31. The third-order valence-corrected chi connectivity index (χ3v) is 2.80. The zero-order valence-electron chi connectivity index (χ0n) is 10.4. The molecule has 0 aliphatic carbocycles. The predicted molar refractivity (Wildman–Crippen MR) is 67.1 cm³/mol. The maximum Gasteiger partial charge on any atom is 0.216 e. The highest BCUT2D eigenvalue weighted by molar-refractivity contribution is 5.95. The lowest BCUT2D eigenvalue weighted by Gasteiger charge is -2.19. The van der Waals surface area contributed by atoms with Gasteiger partial charge >= 0.3 is 0 Å². The zero-order chi connectivity index (χ0) is 11.8. The van der Waals surface area contributed by atoms with E-state index in [1.54, 1.807) is 0 Å². The van der Waals surface area contributed by atoms with Gasteiger partial charge in [0.25, 0.3) is 0 Å². The van der Waals surface area contributed by atoms with Crippen molar-refractivity contribution in [2.24, 2.45) is 4.99 Å². The lowest BCUT2D eigenvalue weighted by molar-refractivity contribution is 0.246. The van der Waals surface area contributed by atoms with Crippen LogP contribution in [0.1, 0.15) is 38.8 Å². The Bertz CT molecular complexity index is 398. The van der Waals surface area contributed by atoms with Gasteiger partial charge in [-0.15, -0.1) is 0 Å². The second kappa shape index (κ2) is 3.93. The minimum absolute atomic E-state index is 0.199. The first-order chi connectivity index (χ1) is 7.47. The summed E-state index contributed by atoms with van der Waals surface area (Å²) in [7, 11) is 0. The van der Waals surface area contributed by atoms with Gasteiger partial charge in [-0.2, -0.15) is 0 Å². The van der Waals surface area contributed by atoms with Crippen LogP contribution in [0, 0.1) is 0 Å². The van der Waals surface area contributed by atoms with Gasteiger partial charge in [0.05, 0.1) is 6.54 Å². The van der Waals surface area contributed by atoms with Gasteiger partial charge in [-0.3, -0.25) is 0 Å². The average Bonchev–Trinajstić information content (AvgIpc) is 2.64. The van der Waals surface area contributed by atoms with Gasteiger partial charge in [0, 0.05) is 5.56 Å². The van der Waals surface area contributed by atoms with Crippen LogP contribution in [0.25, 0.3) is 0 Å². The maximum absolute atomic E-state index is 5.62. The molecule has 0 aromatic heterocycles. The summed E-state index contributed by atoms with van der Waals surface area (Å²) < 4.78 is 5.62. The Labute approximate surface area is 97.4 Å². The van der Waals surface area contributed by atoms with Gasteiger partial charge in [-0.1, -0.05) is 32.9 Å². The molecule has 86 valence electrons. The lowest BCUT2D eigenvalue weighted by atomic mass is 9.87. The molecule has 0 saturated carbocycles. The Morgan fingerprint density at radius 1 is 1.19 bits per heavy atom. The molecule has 0 bridgehead atoms. The number of nitrogens with zero attached hydrogens (tertiary/aromatic N) is 1. The number of hydrogen-bond acceptors (Lipinski definition) is 2. The zero-order valence-corrected chi connectivity index (χ0v) is 10.4. The van der Waals surface area contributed by atoms with Gasteiger partial charge in [0.1, 0.15) is 6.10 Å². The van der Waals surface area contributed by atoms with E-state index in [0.717, 1.165) is 18.0 Å². The van der Waals surface area contributed by atoms with E-state index < -0.39 is 0 Å². The van der Waals surface area contributed by atoms with Crippen LogP contribution >= 0.6 is 0 Å². The molecule has 0 fully saturated rings. The monoisotopic (exact) mass is 217 g/mol. The van der Waals surface area contributed by atoms with Crippen molar-refractivity contribution in [1.82, 2.24) is 0 Å². The lowest BCUT2D eigenvalue weighted by Crippen LogP contribution is -2.12. The summed E-state index contributed by atoms with van der Waals surface area (Å²) in [4.78, 5) is 4.37. The topological polar surface area (TPSA) is 21.6 Å². The van der Waals surface area contributed by atoms with Crippen molar-refractivity contribution in [3.8, 4) is 0 Å². The van der Waals surface area contributed by atoms with Crippen molar-refractivity contribution in [3.63, 3.8) is 0 Å². The van der Waals surface area contributed by atoms with Crippen LogP contribution in [0.4, 0.5) is 0 Å². The largest absolute Gasteiger partial charge is 0.472 e. The second-order valence-corrected chi connectivity index (χ2v) is 5.40. The molecule has 1 aliphatic heterocycles. The van der Waals surface area contributed by atoms with Gasteiger partial charge in [-0.05, 0) is 30.0 Å². The molecule has 1 heterocycles. The minimum Gasteiger partial charge on any atom is -0.472 e. The van der Waals surface area contributed by atoms with Crippen LogP contribution in [-0.4, -0.2) is 18.5 Å². The normalized spacial score (nSPS) is 20.5. The molecular weight excluding hydrogens is 198 g/mol. The van der Waals surface area contributed by atoms with E-state index in [0.29, 0.717) is 0 Å². The molecule has 2 heteroatoms. The number of ether oxygens (including phenoxy) is 1. The molecule has 16 heavy (non-hydrogen) atoms. The van der Waals surface area contributed by atoms with Crippen molar-refractivity contribution < 1.29 is 4.74 Å². The Morgan fingerprint density at radius 3 is 2.25 bits per heavy atom. The molecule has 1 aromatic carbocycles. The maximum atomic E-state index is 5.62.